The summed E-state index contributed by atoms with van der Waals surface area (Å²) in [7, 11) is 0. The predicted octanol–water partition coefficient (Wildman–Crippen LogP) is 1.85. The molecule has 82 valence electrons. The van der Waals surface area contributed by atoms with Crippen LogP contribution in [0.2, 0.25) is 5.28 Å². The van der Waals surface area contributed by atoms with Crippen LogP contribution in [0.25, 0.3) is 0 Å². The van der Waals surface area contributed by atoms with Crippen LogP contribution >= 0.6 is 11.6 Å². The molecule has 1 fully saturated rings. The van der Waals surface area contributed by atoms with E-state index in [4.69, 9.17) is 11.6 Å². The SMILES string of the molecule is O[C@H]1CCC[C@@H](Nc2ccnc(Cl)n2)C1. The van der Waals surface area contributed by atoms with Crippen LogP contribution in [0.5, 0.6) is 0 Å². The highest BCUT2D eigenvalue weighted by molar-refractivity contribution is 6.28. The molecule has 2 rings (SSSR count). The first-order valence-electron chi connectivity index (χ1n) is 5.17. The number of nitrogens with zero attached hydrogens (tertiary/aromatic N) is 2. The van der Waals surface area contributed by atoms with E-state index in [2.05, 4.69) is 15.3 Å². The summed E-state index contributed by atoms with van der Waals surface area (Å²) in [6.45, 7) is 0. The van der Waals surface area contributed by atoms with Gasteiger partial charge in [-0.1, -0.05) is 0 Å². The Hall–Kier alpha value is -0.870. The zero-order valence-electron chi connectivity index (χ0n) is 8.36. The zero-order valence-corrected chi connectivity index (χ0v) is 9.11. The monoisotopic (exact) mass is 227 g/mol. The fourth-order valence-electron chi connectivity index (χ4n) is 1.92. The average molecular weight is 228 g/mol. The number of halogens is 1. The van der Waals surface area contributed by atoms with Gasteiger partial charge in [-0.2, -0.15) is 0 Å². The second kappa shape index (κ2) is 4.77. The van der Waals surface area contributed by atoms with E-state index in [0.29, 0.717) is 6.04 Å². The maximum Gasteiger partial charge on any atom is 0.224 e. The van der Waals surface area contributed by atoms with Crippen molar-refractivity contribution < 1.29 is 5.11 Å². The van der Waals surface area contributed by atoms with Crippen LogP contribution in [0.1, 0.15) is 25.7 Å². The van der Waals surface area contributed by atoms with Crippen LogP contribution in [0.4, 0.5) is 5.82 Å². The Morgan fingerprint density at radius 1 is 1.47 bits per heavy atom. The lowest BCUT2D eigenvalue weighted by atomic mass is 9.93. The summed E-state index contributed by atoms with van der Waals surface area (Å²) in [5.41, 5.74) is 0. The third kappa shape index (κ3) is 3.04. The minimum Gasteiger partial charge on any atom is -0.393 e. The van der Waals surface area contributed by atoms with Gasteiger partial charge in [0, 0.05) is 12.2 Å². The third-order valence-electron chi connectivity index (χ3n) is 2.62. The number of aromatic nitrogens is 2. The highest BCUT2D eigenvalue weighted by atomic mass is 35.5. The van der Waals surface area contributed by atoms with E-state index in [1.54, 1.807) is 12.3 Å². The largest absolute Gasteiger partial charge is 0.393 e. The molecule has 0 saturated heterocycles. The van der Waals surface area contributed by atoms with E-state index in [9.17, 15) is 5.11 Å². The van der Waals surface area contributed by atoms with Gasteiger partial charge in [0.05, 0.1) is 6.10 Å². The number of aliphatic hydroxyl groups excluding tert-OH is 1. The first kappa shape index (κ1) is 10.6. The van der Waals surface area contributed by atoms with Gasteiger partial charge in [0.25, 0.3) is 0 Å². The van der Waals surface area contributed by atoms with Crippen molar-refractivity contribution in [3.05, 3.63) is 17.5 Å². The Balaban J connectivity index is 1.96. The minimum absolute atomic E-state index is 0.187. The molecular weight excluding hydrogens is 214 g/mol. The first-order valence-corrected chi connectivity index (χ1v) is 5.55. The van der Waals surface area contributed by atoms with E-state index in [-0.39, 0.29) is 11.4 Å². The second-order valence-corrected chi connectivity index (χ2v) is 4.21. The molecule has 2 atom stereocenters. The smallest absolute Gasteiger partial charge is 0.224 e. The quantitative estimate of drug-likeness (QED) is 0.757. The van der Waals surface area contributed by atoms with Crippen molar-refractivity contribution in [1.82, 2.24) is 9.97 Å². The van der Waals surface area contributed by atoms with E-state index >= 15 is 0 Å². The maximum absolute atomic E-state index is 9.51. The van der Waals surface area contributed by atoms with Gasteiger partial charge in [0.2, 0.25) is 5.28 Å². The third-order valence-corrected chi connectivity index (χ3v) is 2.81. The lowest BCUT2D eigenvalue weighted by molar-refractivity contribution is 0.124. The number of nitrogens with one attached hydrogen (secondary N) is 1. The van der Waals surface area contributed by atoms with Gasteiger partial charge >= 0.3 is 0 Å². The molecule has 0 amide bonds. The average Bonchev–Trinajstić information content (AvgIpc) is 2.17. The molecule has 0 aromatic carbocycles. The Labute approximate surface area is 93.7 Å². The highest BCUT2D eigenvalue weighted by Crippen LogP contribution is 2.21. The summed E-state index contributed by atoms with van der Waals surface area (Å²) in [5, 5.41) is 13.0. The molecular formula is C10H14ClN3O. The Morgan fingerprint density at radius 2 is 2.33 bits per heavy atom. The molecule has 0 spiro atoms. The van der Waals surface area contributed by atoms with Crippen LogP contribution in [-0.4, -0.2) is 27.2 Å². The van der Waals surface area contributed by atoms with Crippen molar-refractivity contribution in [2.45, 2.75) is 37.8 Å². The van der Waals surface area contributed by atoms with Gasteiger partial charge in [-0.3, -0.25) is 0 Å². The molecule has 2 N–H and O–H groups in total. The number of anilines is 1. The molecule has 1 heterocycles. The minimum atomic E-state index is -0.187. The molecule has 0 unspecified atom stereocenters. The second-order valence-electron chi connectivity index (χ2n) is 3.87. The molecule has 5 heteroatoms. The highest BCUT2D eigenvalue weighted by Gasteiger charge is 2.20. The zero-order chi connectivity index (χ0) is 10.7. The van der Waals surface area contributed by atoms with E-state index in [0.717, 1.165) is 31.5 Å². The van der Waals surface area contributed by atoms with Gasteiger partial charge in [0.15, 0.2) is 0 Å². The van der Waals surface area contributed by atoms with Crippen molar-refractivity contribution in [2.75, 3.05) is 5.32 Å². The summed E-state index contributed by atoms with van der Waals surface area (Å²) in [4.78, 5) is 7.87. The van der Waals surface area contributed by atoms with Crippen LogP contribution in [0.3, 0.4) is 0 Å². The number of hydrogen-bond acceptors (Lipinski definition) is 4. The van der Waals surface area contributed by atoms with Crippen LogP contribution in [-0.2, 0) is 0 Å². The molecule has 0 radical (unpaired) electrons. The fourth-order valence-corrected chi connectivity index (χ4v) is 2.07. The molecule has 1 aliphatic rings. The van der Waals surface area contributed by atoms with Gasteiger partial charge in [-0.05, 0) is 43.4 Å². The predicted molar refractivity (Wildman–Crippen MR) is 58.9 cm³/mol. The number of hydrogen-bond donors (Lipinski definition) is 2. The van der Waals surface area contributed by atoms with Gasteiger partial charge < -0.3 is 10.4 Å². The van der Waals surface area contributed by atoms with Crippen molar-refractivity contribution >= 4 is 17.4 Å². The van der Waals surface area contributed by atoms with E-state index in [1.165, 1.54) is 0 Å². The number of rotatable bonds is 2. The van der Waals surface area contributed by atoms with Gasteiger partial charge in [0.1, 0.15) is 5.82 Å². The summed E-state index contributed by atoms with van der Waals surface area (Å²) >= 11 is 5.68. The molecule has 1 aromatic heterocycles. The molecule has 0 bridgehead atoms. The topological polar surface area (TPSA) is 58.0 Å². The normalized spacial score (nSPS) is 26.3. The standard InChI is InChI=1S/C10H14ClN3O/c11-10-12-5-4-9(14-10)13-7-2-1-3-8(15)6-7/h4-5,7-8,15H,1-3,6H2,(H,12,13,14)/t7-,8+/m1/s1. The molecule has 0 aliphatic heterocycles. The van der Waals surface area contributed by atoms with Crippen molar-refractivity contribution in [2.24, 2.45) is 0 Å². The van der Waals surface area contributed by atoms with Crippen LogP contribution < -0.4 is 5.32 Å². The molecule has 1 aromatic rings. The molecule has 15 heavy (non-hydrogen) atoms. The molecule has 4 nitrogen and oxygen atoms in total. The fraction of sp³-hybridized carbons (Fsp3) is 0.600. The number of aliphatic hydroxyl groups is 1. The first-order chi connectivity index (χ1) is 7.24. The van der Waals surface area contributed by atoms with Crippen LogP contribution in [0.15, 0.2) is 12.3 Å². The summed E-state index contributed by atoms with van der Waals surface area (Å²) in [5.74, 6) is 0.731. The Kier molecular flexibility index (Phi) is 3.38. The lowest BCUT2D eigenvalue weighted by Crippen LogP contribution is -2.30. The van der Waals surface area contributed by atoms with Crippen LogP contribution in [0, 0.1) is 0 Å². The summed E-state index contributed by atoms with van der Waals surface area (Å²) in [6.07, 6.45) is 5.24. The summed E-state index contributed by atoms with van der Waals surface area (Å²) in [6, 6.07) is 2.08. The van der Waals surface area contributed by atoms with Gasteiger partial charge in [-0.25, -0.2) is 9.97 Å². The summed E-state index contributed by atoms with van der Waals surface area (Å²) < 4.78 is 0. The Bertz CT molecular complexity index is 334. The Morgan fingerprint density at radius 3 is 3.07 bits per heavy atom. The molecule has 1 aliphatic carbocycles. The lowest BCUT2D eigenvalue weighted by Gasteiger charge is -2.26. The maximum atomic E-state index is 9.51. The van der Waals surface area contributed by atoms with E-state index in [1.807, 2.05) is 0 Å². The van der Waals surface area contributed by atoms with E-state index < -0.39 is 0 Å². The van der Waals surface area contributed by atoms with Crippen molar-refractivity contribution in [1.29, 1.82) is 0 Å². The molecule has 1 saturated carbocycles. The van der Waals surface area contributed by atoms with Crippen molar-refractivity contribution in [3.8, 4) is 0 Å². The van der Waals surface area contributed by atoms with Crippen molar-refractivity contribution in [3.63, 3.8) is 0 Å². The van der Waals surface area contributed by atoms with Gasteiger partial charge in [-0.15, -0.1) is 0 Å².